The Morgan fingerprint density at radius 3 is 1.90 bits per heavy atom. The molecule has 0 heterocycles. The summed E-state index contributed by atoms with van der Waals surface area (Å²) in [7, 11) is -1.94. The van der Waals surface area contributed by atoms with Crippen LogP contribution in [0.2, 0.25) is 16.6 Å². The van der Waals surface area contributed by atoms with Crippen LogP contribution in [0.4, 0.5) is 0 Å². The van der Waals surface area contributed by atoms with Gasteiger partial charge in [0.25, 0.3) is 0 Å². The first-order chi connectivity index (χ1) is 14.1. The van der Waals surface area contributed by atoms with Gasteiger partial charge in [-0.2, -0.15) is 0 Å². The molecule has 0 aromatic carbocycles. The van der Waals surface area contributed by atoms with E-state index in [1.54, 1.807) is 0 Å². The van der Waals surface area contributed by atoms with Crippen molar-refractivity contribution in [3.8, 4) is 0 Å². The Kier molecular flexibility index (Phi) is 14.6. The Bertz CT molecular complexity index is 509. The molecule has 1 unspecified atom stereocenters. The number of unbranched alkanes of at least 4 members (excludes halogenated alkanes) is 1. The summed E-state index contributed by atoms with van der Waals surface area (Å²) in [5.74, 6) is 0.297. The maximum absolute atomic E-state index is 11.8. The number of carbonyl (C=O) groups excluding carboxylic acids is 1. The number of ether oxygens (including phenoxy) is 1. The molecule has 0 N–H and O–H groups in total. The highest BCUT2D eigenvalue weighted by Gasteiger charge is 2.47. The molecule has 30 heavy (non-hydrogen) atoms. The van der Waals surface area contributed by atoms with Gasteiger partial charge in [-0.15, -0.1) is 0 Å². The summed E-state index contributed by atoms with van der Waals surface area (Å²) >= 11 is 0. The number of allylic oxidation sites excluding steroid dienone is 2. The lowest BCUT2D eigenvalue weighted by molar-refractivity contribution is -0.137. The van der Waals surface area contributed by atoms with Crippen molar-refractivity contribution in [1.29, 1.82) is 0 Å². The molecule has 0 aliphatic carbocycles. The Hall–Kier alpha value is -0.873. The number of rotatable bonds is 15. The molecule has 0 aromatic heterocycles. The van der Waals surface area contributed by atoms with Crippen LogP contribution in [0.25, 0.3) is 0 Å². The van der Waals surface area contributed by atoms with Gasteiger partial charge in [0, 0.05) is 6.08 Å². The van der Waals surface area contributed by atoms with Crippen LogP contribution >= 0.6 is 0 Å². The number of esters is 1. The average molecular weight is 439 g/mol. The molecule has 0 aliphatic rings. The zero-order chi connectivity index (χ0) is 23.3. The van der Waals surface area contributed by atoms with E-state index < -0.39 is 8.32 Å². The van der Waals surface area contributed by atoms with E-state index in [4.69, 9.17) is 9.16 Å². The monoisotopic (exact) mass is 438 g/mol. The second-order valence-corrected chi connectivity index (χ2v) is 15.1. The van der Waals surface area contributed by atoms with E-state index >= 15 is 0 Å². The molecule has 0 spiro atoms. The lowest BCUT2D eigenvalue weighted by Crippen LogP contribution is -2.51. The van der Waals surface area contributed by atoms with Crippen LogP contribution in [0.15, 0.2) is 23.8 Å². The third kappa shape index (κ3) is 9.09. The van der Waals surface area contributed by atoms with Crippen LogP contribution in [0.5, 0.6) is 0 Å². The van der Waals surface area contributed by atoms with Crippen LogP contribution in [-0.4, -0.2) is 27.0 Å². The molecule has 0 amide bonds. The first kappa shape index (κ1) is 29.1. The van der Waals surface area contributed by atoms with Crippen molar-refractivity contribution in [2.45, 2.75) is 124 Å². The van der Waals surface area contributed by atoms with Gasteiger partial charge >= 0.3 is 5.97 Å². The number of carbonyl (C=O) groups is 1. The fourth-order valence-electron chi connectivity index (χ4n) is 4.83. The molecule has 0 radical (unpaired) electrons. The lowest BCUT2D eigenvalue weighted by Gasteiger charge is -2.46. The van der Waals surface area contributed by atoms with Gasteiger partial charge in [-0.1, -0.05) is 99.3 Å². The fraction of sp³-hybridized carbons (Fsp3) is 0.808. The van der Waals surface area contributed by atoms with Gasteiger partial charge < -0.3 is 9.16 Å². The maximum Gasteiger partial charge on any atom is 0.330 e. The third-order valence-corrected chi connectivity index (χ3v) is 12.6. The highest BCUT2D eigenvalue weighted by molar-refractivity contribution is 6.77. The minimum atomic E-state index is -1.94. The predicted molar refractivity (Wildman–Crippen MR) is 133 cm³/mol. The highest BCUT2D eigenvalue weighted by atomic mass is 28.4. The summed E-state index contributed by atoms with van der Waals surface area (Å²) in [4.78, 5) is 11.8. The van der Waals surface area contributed by atoms with Gasteiger partial charge in [-0.05, 0) is 42.3 Å². The van der Waals surface area contributed by atoms with Gasteiger partial charge in [0.05, 0.1) is 12.7 Å². The molecule has 0 rings (SSSR count). The Labute approximate surface area is 188 Å². The second kappa shape index (κ2) is 15.0. The molecule has 0 saturated carbocycles. The number of hydrogen-bond acceptors (Lipinski definition) is 3. The van der Waals surface area contributed by atoms with E-state index in [1.807, 2.05) is 12.2 Å². The molecule has 3 nitrogen and oxygen atoms in total. The van der Waals surface area contributed by atoms with Crippen molar-refractivity contribution in [3.05, 3.63) is 23.8 Å². The molecule has 0 bridgehead atoms. The Morgan fingerprint density at radius 2 is 1.47 bits per heavy atom. The minimum absolute atomic E-state index is 0.236. The summed E-state index contributed by atoms with van der Waals surface area (Å²) in [6.45, 7) is 23.4. The van der Waals surface area contributed by atoms with E-state index in [-0.39, 0.29) is 12.1 Å². The largest absolute Gasteiger partial charge is 0.463 e. The molecule has 0 saturated heterocycles. The van der Waals surface area contributed by atoms with Gasteiger partial charge in [0.1, 0.15) is 0 Å². The van der Waals surface area contributed by atoms with Crippen LogP contribution < -0.4 is 0 Å². The normalized spacial score (nSPS) is 14.5. The van der Waals surface area contributed by atoms with Crippen LogP contribution in [0, 0.1) is 5.92 Å². The van der Waals surface area contributed by atoms with Gasteiger partial charge in [0.15, 0.2) is 0 Å². The topological polar surface area (TPSA) is 35.5 Å². The van der Waals surface area contributed by atoms with Crippen LogP contribution in [0.1, 0.15) is 101 Å². The van der Waals surface area contributed by atoms with Crippen molar-refractivity contribution in [2.24, 2.45) is 5.92 Å². The highest BCUT2D eigenvalue weighted by Crippen LogP contribution is 2.44. The molecular weight excluding hydrogens is 388 g/mol. The van der Waals surface area contributed by atoms with Gasteiger partial charge in [-0.3, -0.25) is 0 Å². The summed E-state index contributed by atoms with van der Waals surface area (Å²) in [5.41, 5.74) is 2.99. The molecule has 4 heteroatoms. The molecule has 176 valence electrons. The summed E-state index contributed by atoms with van der Waals surface area (Å²) in [6.07, 6.45) is 10.8. The first-order valence-electron chi connectivity index (χ1n) is 12.2. The maximum atomic E-state index is 11.8. The standard InChI is InChI=1S/C26H50O3Si/c1-11-14-18-28-26(27)17-15-16-23(10)19-25(24(12-2)13-3)29-30(20(4)5,21(6)7)22(8)9/h15-17,20-22,24-25H,11-14,18-19H2,1-10H3/b17-15+,23-16+. The van der Waals surface area contributed by atoms with Crippen molar-refractivity contribution < 1.29 is 14.0 Å². The molecule has 1 atom stereocenters. The minimum Gasteiger partial charge on any atom is -0.463 e. The zero-order valence-corrected chi connectivity index (χ0v) is 22.6. The van der Waals surface area contributed by atoms with Crippen molar-refractivity contribution >= 4 is 14.3 Å². The first-order valence-corrected chi connectivity index (χ1v) is 14.4. The summed E-state index contributed by atoms with van der Waals surface area (Å²) in [6, 6.07) is 0. The second-order valence-electron chi connectivity index (χ2n) is 9.65. The molecular formula is C26H50O3Si. The lowest BCUT2D eigenvalue weighted by atomic mass is 9.92. The molecule has 0 aromatic rings. The van der Waals surface area contributed by atoms with Crippen molar-refractivity contribution in [2.75, 3.05) is 6.61 Å². The van der Waals surface area contributed by atoms with Crippen LogP contribution in [0.3, 0.4) is 0 Å². The molecule has 0 fully saturated rings. The Balaban J connectivity index is 5.47. The Morgan fingerprint density at radius 1 is 0.933 bits per heavy atom. The average Bonchev–Trinajstić information content (AvgIpc) is 2.65. The predicted octanol–water partition coefficient (Wildman–Crippen LogP) is 8.22. The fourth-order valence-corrected chi connectivity index (χ4v) is 10.4. The summed E-state index contributed by atoms with van der Waals surface area (Å²) in [5, 5.41) is 0. The van der Waals surface area contributed by atoms with Gasteiger partial charge in [0.2, 0.25) is 8.32 Å². The van der Waals surface area contributed by atoms with Crippen LogP contribution in [-0.2, 0) is 14.0 Å². The smallest absolute Gasteiger partial charge is 0.330 e. The number of hydrogen-bond donors (Lipinski definition) is 0. The molecule has 0 aliphatic heterocycles. The zero-order valence-electron chi connectivity index (χ0n) is 21.6. The van der Waals surface area contributed by atoms with Crippen molar-refractivity contribution in [1.82, 2.24) is 0 Å². The third-order valence-electron chi connectivity index (χ3n) is 6.52. The van der Waals surface area contributed by atoms with E-state index in [9.17, 15) is 4.79 Å². The quantitative estimate of drug-likeness (QED) is 0.0849. The van der Waals surface area contributed by atoms with Crippen molar-refractivity contribution in [3.63, 3.8) is 0 Å². The van der Waals surface area contributed by atoms with E-state index in [0.717, 1.165) is 32.1 Å². The summed E-state index contributed by atoms with van der Waals surface area (Å²) < 4.78 is 12.4. The van der Waals surface area contributed by atoms with E-state index in [2.05, 4.69) is 69.2 Å². The SMILES string of the molecule is CCCCOC(=O)/C=C/C=C(\C)CC(O[Si](C(C)C)(C(C)C)C(C)C)C(CC)CC. The van der Waals surface area contributed by atoms with E-state index in [1.165, 1.54) is 11.6 Å². The van der Waals surface area contributed by atoms with Gasteiger partial charge in [-0.25, -0.2) is 4.79 Å². The van der Waals surface area contributed by atoms with E-state index in [0.29, 0.717) is 29.1 Å².